The Morgan fingerprint density at radius 2 is 2.07 bits per heavy atom. The van der Waals surface area contributed by atoms with E-state index in [4.69, 9.17) is 5.73 Å². The largest absolute Gasteiger partial charge is 0.369 e. The minimum atomic E-state index is -0.223. The van der Waals surface area contributed by atoms with Crippen molar-refractivity contribution < 1.29 is 4.79 Å². The summed E-state index contributed by atoms with van der Waals surface area (Å²) in [6.07, 6.45) is 6.50. The van der Waals surface area contributed by atoms with Crippen LogP contribution in [0.5, 0.6) is 0 Å². The molecule has 1 heterocycles. The van der Waals surface area contributed by atoms with Crippen LogP contribution >= 0.6 is 0 Å². The lowest BCUT2D eigenvalue weighted by molar-refractivity contribution is -0.118. The molecular formula is C10H19N3O. The molecule has 0 atom stereocenters. The fourth-order valence-corrected chi connectivity index (χ4v) is 2.71. The van der Waals surface area contributed by atoms with Crippen LogP contribution in [-0.4, -0.2) is 36.1 Å². The van der Waals surface area contributed by atoms with E-state index >= 15 is 0 Å². The highest BCUT2D eigenvalue weighted by atomic mass is 16.1. The molecule has 80 valence electrons. The molecule has 2 rings (SSSR count). The lowest BCUT2D eigenvalue weighted by Gasteiger charge is -2.33. The van der Waals surface area contributed by atoms with Crippen molar-refractivity contribution in [1.82, 2.24) is 10.2 Å². The van der Waals surface area contributed by atoms with E-state index in [0.29, 0.717) is 12.1 Å². The third kappa shape index (κ3) is 2.07. The van der Waals surface area contributed by atoms with Gasteiger partial charge in [-0.05, 0) is 12.8 Å². The van der Waals surface area contributed by atoms with Gasteiger partial charge in [-0.15, -0.1) is 0 Å². The predicted molar refractivity (Wildman–Crippen MR) is 54.6 cm³/mol. The third-order valence-electron chi connectivity index (χ3n) is 3.39. The van der Waals surface area contributed by atoms with E-state index in [0.717, 1.165) is 13.2 Å². The number of rotatable bonds is 2. The number of carbonyl (C=O) groups is 1. The molecule has 14 heavy (non-hydrogen) atoms. The van der Waals surface area contributed by atoms with Crippen molar-refractivity contribution in [2.75, 3.05) is 19.8 Å². The van der Waals surface area contributed by atoms with Crippen LogP contribution in [0.15, 0.2) is 0 Å². The van der Waals surface area contributed by atoms with Gasteiger partial charge in [-0.1, -0.05) is 19.3 Å². The molecule has 0 bridgehead atoms. The SMILES string of the molecule is NC(=O)CN1CNC2(CCCCC2)C1. The smallest absolute Gasteiger partial charge is 0.231 e. The molecule has 2 aliphatic rings. The summed E-state index contributed by atoms with van der Waals surface area (Å²) in [6, 6.07) is 0. The van der Waals surface area contributed by atoms with Crippen LogP contribution in [0.25, 0.3) is 0 Å². The Labute approximate surface area is 84.8 Å². The molecule has 4 heteroatoms. The number of nitrogens with zero attached hydrogens (tertiary/aromatic N) is 1. The van der Waals surface area contributed by atoms with Crippen molar-refractivity contribution in [3.63, 3.8) is 0 Å². The molecule has 1 aliphatic heterocycles. The highest BCUT2D eigenvalue weighted by molar-refractivity contribution is 5.75. The standard InChI is InChI=1S/C10H19N3O/c11-9(14)6-13-7-10(12-8-13)4-2-1-3-5-10/h12H,1-8H2,(H2,11,14). The van der Waals surface area contributed by atoms with Gasteiger partial charge in [0, 0.05) is 18.8 Å². The molecule has 0 radical (unpaired) electrons. The molecule has 1 amide bonds. The summed E-state index contributed by atoms with van der Waals surface area (Å²) in [4.78, 5) is 12.9. The van der Waals surface area contributed by atoms with Gasteiger partial charge in [-0.2, -0.15) is 0 Å². The second kappa shape index (κ2) is 3.87. The van der Waals surface area contributed by atoms with Gasteiger partial charge in [0.2, 0.25) is 5.91 Å². The molecule has 2 fully saturated rings. The Morgan fingerprint density at radius 1 is 1.36 bits per heavy atom. The first-order chi connectivity index (χ1) is 6.70. The number of amides is 1. The Bertz CT molecular complexity index is 223. The first-order valence-corrected chi connectivity index (χ1v) is 5.46. The molecule has 1 saturated heterocycles. The van der Waals surface area contributed by atoms with E-state index in [1.54, 1.807) is 0 Å². The summed E-state index contributed by atoms with van der Waals surface area (Å²) in [5.74, 6) is -0.223. The molecule has 0 unspecified atom stereocenters. The Balaban J connectivity index is 1.89. The summed E-state index contributed by atoms with van der Waals surface area (Å²) in [5, 5.41) is 3.55. The average Bonchev–Trinajstić information content (AvgIpc) is 2.49. The zero-order valence-electron chi connectivity index (χ0n) is 8.59. The number of carbonyl (C=O) groups excluding carboxylic acids is 1. The van der Waals surface area contributed by atoms with E-state index in [-0.39, 0.29) is 5.91 Å². The van der Waals surface area contributed by atoms with Crippen molar-refractivity contribution in [2.24, 2.45) is 5.73 Å². The van der Waals surface area contributed by atoms with Gasteiger partial charge in [-0.25, -0.2) is 0 Å². The summed E-state index contributed by atoms with van der Waals surface area (Å²) >= 11 is 0. The van der Waals surface area contributed by atoms with Crippen LogP contribution in [0.2, 0.25) is 0 Å². The third-order valence-corrected chi connectivity index (χ3v) is 3.39. The molecule has 1 aliphatic carbocycles. The van der Waals surface area contributed by atoms with Crippen molar-refractivity contribution in [1.29, 1.82) is 0 Å². The second-order valence-electron chi connectivity index (χ2n) is 4.63. The van der Waals surface area contributed by atoms with Gasteiger partial charge in [0.05, 0.1) is 6.54 Å². The van der Waals surface area contributed by atoms with Crippen LogP contribution in [0, 0.1) is 0 Å². The monoisotopic (exact) mass is 197 g/mol. The molecule has 1 spiro atoms. The number of nitrogens with two attached hydrogens (primary N) is 1. The van der Waals surface area contributed by atoms with E-state index < -0.39 is 0 Å². The number of nitrogens with one attached hydrogen (secondary N) is 1. The summed E-state index contributed by atoms with van der Waals surface area (Å²) < 4.78 is 0. The first kappa shape index (κ1) is 9.93. The van der Waals surface area contributed by atoms with Crippen molar-refractivity contribution in [3.8, 4) is 0 Å². The number of hydrogen-bond donors (Lipinski definition) is 2. The fourth-order valence-electron chi connectivity index (χ4n) is 2.71. The summed E-state index contributed by atoms with van der Waals surface area (Å²) in [6.45, 7) is 2.22. The highest BCUT2D eigenvalue weighted by Crippen LogP contribution is 2.31. The van der Waals surface area contributed by atoms with Gasteiger partial charge in [0.1, 0.15) is 0 Å². The summed E-state index contributed by atoms with van der Waals surface area (Å²) in [5.41, 5.74) is 5.48. The van der Waals surface area contributed by atoms with Crippen molar-refractivity contribution >= 4 is 5.91 Å². The van der Waals surface area contributed by atoms with Crippen molar-refractivity contribution in [3.05, 3.63) is 0 Å². The topological polar surface area (TPSA) is 58.4 Å². The minimum absolute atomic E-state index is 0.223. The zero-order chi connectivity index (χ0) is 10.0. The van der Waals surface area contributed by atoms with E-state index in [9.17, 15) is 4.79 Å². The molecule has 0 aromatic heterocycles. The predicted octanol–water partition coefficient (Wildman–Crippen LogP) is 0.0373. The van der Waals surface area contributed by atoms with E-state index in [2.05, 4.69) is 10.2 Å². The van der Waals surface area contributed by atoms with Gasteiger partial charge >= 0.3 is 0 Å². The highest BCUT2D eigenvalue weighted by Gasteiger charge is 2.38. The van der Waals surface area contributed by atoms with Crippen LogP contribution in [0.3, 0.4) is 0 Å². The number of primary amides is 1. The van der Waals surface area contributed by atoms with Crippen LogP contribution in [-0.2, 0) is 4.79 Å². The van der Waals surface area contributed by atoms with Crippen LogP contribution in [0.1, 0.15) is 32.1 Å². The van der Waals surface area contributed by atoms with E-state index in [1.807, 2.05) is 0 Å². The molecule has 3 N–H and O–H groups in total. The van der Waals surface area contributed by atoms with Gasteiger partial charge in [-0.3, -0.25) is 15.0 Å². The molecule has 0 aromatic carbocycles. The van der Waals surface area contributed by atoms with Gasteiger partial charge < -0.3 is 5.73 Å². The maximum atomic E-state index is 10.8. The maximum Gasteiger partial charge on any atom is 0.231 e. The van der Waals surface area contributed by atoms with E-state index in [1.165, 1.54) is 32.1 Å². The minimum Gasteiger partial charge on any atom is -0.369 e. The Kier molecular flexibility index (Phi) is 2.74. The molecular weight excluding hydrogens is 178 g/mol. The second-order valence-corrected chi connectivity index (χ2v) is 4.63. The molecule has 0 aromatic rings. The van der Waals surface area contributed by atoms with Crippen LogP contribution in [0.4, 0.5) is 0 Å². The molecule has 1 saturated carbocycles. The summed E-state index contributed by atoms with van der Waals surface area (Å²) in [7, 11) is 0. The van der Waals surface area contributed by atoms with Gasteiger partial charge in [0.15, 0.2) is 0 Å². The Hall–Kier alpha value is -0.610. The lowest BCUT2D eigenvalue weighted by Crippen LogP contribution is -2.44. The lowest BCUT2D eigenvalue weighted by atomic mass is 9.82. The number of hydrogen-bond acceptors (Lipinski definition) is 3. The van der Waals surface area contributed by atoms with Crippen molar-refractivity contribution in [2.45, 2.75) is 37.6 Å². The quantitative estimate of drug-likeness (QED) is 0.657. The fraction of sp³-hybridized carbons (Fsp3) is 0.900. The first-order valence-electron chi connectivity index (χ1n) is 5.46. The van der Waals surface area contributed by atoms with Crippen LogP contribution < -0.4 is 11.1 Å². The van der Waals surface area contributed by atoms with Gasteiger partial charge in [0.25, 0.3) is 0 Å². The average molecular weight is 197 g/mol. The molecule has 4 nitrogen and oxygen atoms in total. The normalized spacial score (nSPS) is 26.9. The Morgan fingerprint density at radius 3 is 2.71 bits per heavy atom. The zero-order valence-corrected chi connectivity index (χ0v) is 8.59. The maximum absolute atomic E-state index is 10.8.